The van der Waals surface area contributed by atoms with Crippen molar-refractivity contribution >= 4 is 6.29 Å². The molecule has 0 aromatic carbocycles. The monoisotopic (exact) mass is 196 g/mol. The molecule has 1 aliphatic heterocycles. The van der Waals surface area contributed by atoms with Crippen LogP contribution in [0.5, 0.6) is 0 Å². The Hall–Kier alpha value is -0.930. The predicted octanol–water partition coefficient (Wildman–Crippen LogP) is 1.70. The highest BCUT2D eigenvalue weighted by Gasteiger charge is 2.29. The Morgan fingerprint density at radius 3 is 2.57 bits per heavy atom. The molecule has 1 saturated heterocycles. The summed E-state index contributed by atoms with van der Waals surface area (Å²) in [6.07, 6.45) is 5.22. The second-order valence-corrected chi connectivity index (χ2v) is 3.32. The van der Waals surface area contributed by atoms with Crippen LogP contribution in [-0.2, 0) is 14.3 Å². The zero-order valence-corrected chi connectivity index (χ0v) is 8.22. The van der Waals surface area contributed by atoms with Gasteiger partial charge in [-0.15, -0.1) is 13.2 Å². The van der Waals surface area contributed by atoms with E-state index in [1.165, 1.54) is 0 Å². The van der Waals surface area contributed by atoms with Gasteiger partial charge in [-0.1, -0.05) is 12.2 Å². The minimum atomic E-state index is -0.707. The molecule has 1 aliphatic rings. The molecule has 1 heterocycles. The summed E-state index contributed by atoms with van der Waals surface area (Å²) in [7, 11) is 0. The molecular formula is C11H16O3. The first kappa shape index (κ1) is 11.1. The number of rotatable bonds is 5. The van der Waals surface area contributed by atoms with Gasteiger partial charge in [-0.2, -0.15) is 0 Å². The molecule has 3 unspecified atom stereocenters. The van der Waals surface area contributed by atoms with E-state index in [4.69, 9.17) is 9.47 Å². The lowest BCUT2D eigenvalue weighted by Gasteiger charge is -2.33. The Morgan fingerprint density at radius 2 is 2.00 bits per heavy atom. The van der Waals surface area contributed by atoms with Crippen LogP contribution in [0.25, 0.3) is 0 Å². The second kappa shape index (κ2) is 5.73. The molecule has 0 N–H and O–H groups in total. The molecule has 0 bridgehead atoms. The molecule has 0 amide bonds. The molecule has 3 nitrogen and oxygen atoms in total. The molecule has 0 aromatic rings. The van der Waals surface area contributed by atoms with E-state index in [0.717, 1.165) is 12.8 Å². The Bertz CT molecular complexity index is 213. The van der Waals surface area contributed by atoms with Crippen molar-refractivity contribution in [3.63, 3.8) is 0 Å². The van der Waals surface area contributed by atoms with Crippen LogP contribution in [0.15, 0.2) is 25.3 Å². The Morgan fingerprint density at radius 1 is 1.29 bits per heavy atom. The van der Waals surface area contributed by atoms with Gasteiger partial charge in [0.15, 0.2) is 6.29 Å². The molecular weight excluding hydrogens is 180 g/mol. The van der Waals surface area contributed by atoms with Gasteiger partial charge in [0.2, 0.25) is 6.29 Å². The highest BCUT2D eigenvalue weighted by atomic mass is 16.7. The third kappa shape index (κ3) is 2.79. The molecule has 0 radical (unpaired) electrons. The van der Waals surface area contributed by atoms with Gasteiger partial charge in [-0.25, -0.2) is 0 Å². The zero-order valence-electron chi connectivity index (χ0n) is 8.22. The number of carbonyl (C=O) groups is 1. The summed E-state index contributed by atoms with van der Waals surface area (Å²) in [5.74, 6) is 0.279. The van der Waals surface area contributed by atoms with Crippen LogP contribution < -0.4 is 0 Å². The van der Waals surface area contributed by atoms with Gasteiger partial charge < -0.3 is 9.47 Å². The van der Waals surface area contributed by atoms with Crippen molar-refractivity contribution in [3.05, 3.63) is 25.3 Å². The maximum Gasteiger partial charge on any atom is 0.214 e. The van der Waals surface area contributed by atoms with E-state index in [1.807, 2.05) is 6.08 Å². The van der Waals surface area contributed by atoms with Crippen LogP contribution in [0.3, 0.4) is 0 Å². The normalized spacial score (nSPS) is 32.1. The first-order chi connectivity index (χ1) is 6.81. The van der Waals surface area contributed by atoms with Crippen molar-refractivity contribution in [1.29, 1.82) is 0 Å². The zero-order chi connectivity index (χ0) is 10.4. The van der Waals surface area contributed by atoms with Crippen molar-refractivity contribution in [3.8, 4) is 0 Å². The molecule has 3 atom stereocenters. The summed E-state index contributed by atoms with van der Waals surface area (Å²) in [4.78, 5) is 10.5. The number of ether oxygens (including phenoxy) is 2. The summed E-state index contributed by atoms with van der Waals surface area (Å²) in [6.45, 7) is 7.90. The Balaban J connectivity index is 2.54. The van der Waals surface area contributed by atoms with E-state index in [-0.39, 0.29) is 12.0 Å². The van der Waals surface area contributed by atoms with Crippen molar-refractivity contribution in [2.75, 3.05) is 6.61 Å². The van der Waals surface area contributed by atoms with Crippen LogP contribution >= 0.6 is 0 Å². The summed E-state index contributed by atoms with van der Waals surface area (Å²) >= 11 is 0. The highest BCUT2D eigenvalue weighted by Crippen LogP contribution is 2.23. The molecule has 0 aliphatic carbocycles. The fraction of sp³-hybridized carbons (Fsp3) is 0.545. The maximum atomic E-state index is 10.5. The highest BCUT2D eigenvalue weighted by molar-refractivity contribution is 5.54. The number of hydrogen-bond donors (Lipinski definition) is 0. The standard InChI is InChI=1S/C11H16O3/c1-3-5-9-8-13-11(7-12)14-10(9)6-4-2/h3-4,7,9-11H,1-2,5-6,8H2. The van der Waals surface area contributed by atoms with E-state index in [1.54, 1.807) is 6.08 Å². The molecule has 3 heteroatoms. The van der Waals surface area contributed by atoms with Crippen LogP contribution in [0.1, 0.15) is 12.8 Å². The predicted molar refractivity (Wildman–Crippen MR) is 53.8 cm³/mol. The largest absolute Gasteiger partial charge is 0.346 e. The van der Waals surface area contributed by atoms with Crippen LogP contribution in [0, 0.1) is 5.92 Å². The average Bonchev–Trinajstić information content (AvgIpc) is 2.21. The lowest BCUT2D eigenvalue weighted by molar-refractivity contribution is -0.221. The number of carbonyl (C=O) groups excluding carboxylic acids is 1. The minimum absolute atomic E-state index is 0.0226. The van der Waals surface area contributed by atoms with E-state index in [9.17, 15) is 4.79 Å². The second-order valence-electron chi connectivity index (χ2n) is 3.32. The van der Waals surface area contributed by atoms with Crippen molar-refractivity contribution in [2.45, 2.75) is 25.2 Å². The molecule has 1 fully saturated rings. The third-order valence-electron chi connectivity index (χ3n) is 2.29. The Labute approximate surface area is 84.4 Å². The van der Waals surface area contributed by atoms with Gasteiger partial charge in [0, 0.05) is 5.92 Å². The molecule has 0 spiro atoms. The van der Waals surface area contributed by atoms with Gasteiger partial charge in [0.25, 0.3) is 0 Å². The fourth-order valence-corrected chi connectivity index (χ4v) is 1.57. The summed E-state index contributed by atoms with van der Waals surface area (Å²) in [5.41, 5.74) is 0. The quantitative estimate of drug-likeness (QED) is 0.496. The summed E-state index contributed by atoms with van der Waals surface area (Å²) in [5, 5.41) is 0. The molecule has 0 aromatic heterocycles. The molecule has 78 valence electrons. The van der Waals surface area contributed by atoms with E-state index in [2.05, 4.69) is 13.2 Å². The van der Waals surface area contributed by atoms with Crippen molar-refractivity contribution < 1.29 is 14.3 Å². The topological polar surface area (TPSA) is 35.5 Å². The molecule has 14 heavy (non-hydrogen) atoms. The summed E-state index contributed by atoms with van der Waals surface area (Å²) in [6, 6.07) is 0. The van der Waals surface area contributed by atoms with E-state index in [0.29, 0.717) is 12.9 Å². The van der Waals surface area contributed by atoms with Gasteiger partial charge in [0.05, 0.1) is 12.7 Å². The van der Waals surface area contributed by atoms with Gasteiger partial charge >= 0.3 is 0 Å². The maximum absolute atomic E-state index is 10.5. The van der Waals surface area contributed by atoms with Gasteiger partial charge in [-0.05, 0) is 12.8 Å². The lowest BCUT2D eigenvalue weighted by Crippen LogP contribution is -2.40. The summed E-state index contributed by atoms with van der Waals surface area (Å²) < 4.78 is 10.6. The average molecular weight is 196 g/mol. The van der Waals surface area contributed by atoms with E-state index >= 15 is 0 Å². The first-order valence-corrected chi connectivity index (χ1v) is 4.76. The van der Waals surface area contributed by atoms with Crippen LogP contribution in [0.4, 0.5) is 0 Å². The molecule has 1 rings (SSSR count). The Kier molecular flexibility index (Phi) is 4.56. The van der Waals surface area contributed by atoms with Gasteiger partial charge in [-0.3, -0.25) is 4.79 Å². The third-order valence-corrected chi connectivity index (χ3v) is 2.29. The van der Waals surface area contributed by atoms with Crippen molar-refractivity contribution in [2.24, 2.45) is 5.92 Å². The minimum Gasteiger partial charge on any atom is -0.346 e. The first-order valence-electron chi connectivity index (χ1n) is 4.76. The smallest absolute Gasteiger partial charge is 0.214 e. The number of allylic oxidation sites excluding steroid dienone is 1. The molecule has 0 saturated carbocycles. The van der Waals surface area contributed by atoms with E-state index < -0.39 is 6.29 Å². The number of hydrogen-bond acceptors (Lipinski definition) is 3. The lowest BCUT2D eigenvalue weighted by atomic mass is 9.96. The van der Waals surface area contributed by atoms with Crippen LogP contribution in [-0.4, -0.2) is 25.3 Å². The SMILES string of the molecule is C=CCC1COC(C=O)OC1CC=C. The van der Waals surface area contributed by atoms with Gasteiger partial charge in [0.1, 0.15) is 0 Å². The van der Waals surface area contributed by atoms with Crippen LogP contribution in [0.2, 0.25) is 0 Å². The fourth-order valence-electron chi connectivity index (χ4n) is 1.57. The van der Waals surface area contributed by atoms with Crippen molar-refractivity contribution in [1.82, 2.24) is 0 Å². The number of aldehydes is 1.